The summed E-state index contributed by atoms with van der Waals surface area (Å²) in [6, 6.07) is 12.2. The zero-order valence-electron chi connectivity index (χ0n) is 17.4. The number of hydrogen-bond acceptors (Lipinski definition) is 1. The van der Waals surface area contributed by atoms with E-state index < -0.39 is 35.3 Å². The van der Waals surface area contributed by atoms with Gasteiger partial charge < -0.3 is 5.11 Å². The maximum atomic E-state index is 14.5. The number of carboxylic acids is 1. The van der Waals surface area contributed by atoms with Crippen LogP contribution in [0, 0.1) is 17.6 Å². The predicted molar refractivity (Wildman–Crippen MR) is 112 cm³/mol. The standard InChI is InChI=1S/C25H21F5O2/c1-14(2)9-22(24(31)32)18-11-16(15-3-5-19(6-4-15)25(28,29)30)10-17(12-18)21-8-7-20(26)13-23(21)27/h3-8,10-14,22H,9H2,1-2H3,(H,31,32). The van der Waals surface area contributed by atoms with E-state index in [1.165, 1.54) is 24.3 Å². The smallest absolute Gasteiger partial charge is 0.416 e. The molecule has 0 aliphatic rings. The van der Waals surface area contributed by atoms with Crippen LogP contribution in [0.25, 0.3) is 22.3 Å². The van der Waals surface area contributed by atoms with Crippen molar-refractivity contribution in [1.82, 2.24) is 0 Å². The molecule has 0 radical (unpaired) electrons. The van der Waals surface area contributed by atoms with Crippen molar-refractivity contribution in [2.75, 3.05) is 0 Å². The summed E-state index contributed by atoms with van der Waals surface area (Å²) < 4.78 is 66.6. The first kappa shape index (κ1) is 23.4. The molecule has 168 valence electrons. The Kier molecular flexibility index (Phi) is 6.67. The molecule has 1 atom stereocenters. The van der Waals surface area contributed by atoms with Crippen molar-refractivity contribution >= 4 is 5.97 Å². The number of halogens is 5. The molecule has 0 aliphatic heterocycles. The Morgan fingerprint density at radius 2 is 1.50 bits per heavy atom. The first-order chi connectivity index (χ1) is 15.0. The molecule has 0 fully saturated rings. The molecule has 2 nitrogen and oxygen atoms in total. The van der Waals surface area contributed by atoms with Gasteiger partial charge in [-0.1, -0.05) is 38.1 Å². The summed E-state index contributed by atoms with van der Waals surface area (Å²) in [5.41, 5.74) is 0.801. The van der Waals surface area contributed by atoms with E-state index >= 15 is 0 Å². The average molecular weight is 448 g/mol. The maximum absolute atomic E-state index is 14.5. The molecule has 0 bridgehead atoms. The van der Waals surface area contributed by atoms with Crippen molar-refractivity contribution < 1.29 is 31.9 Å². The zero-order chi connectivity index (χ0) is 23.6. The lowest BCUT2D eigenvalue weighted by molar-refractivity contribution is -0.139. The van der Waals surface area contributed by atoms with Crippen LogP contribution in [0.5, 0.6) is 0 Å². The van der Waals surface area contributed by atoms with E-state index in [0.29, 0.717) is 28.7 Å². The van der Waals surface area contributed by atoms with E-state index in [1.807, 2.05) is 13.8 Å². The zero-order valence-corrected chi connectivity index (χ0v) is 17.4. The SMILES string of the molecule is CC(C)CC(C(=O)O)c1cc(-c2ccc(C(F)(F)F)cc2)cc(-c2ccc(F)cc2F)c1. The van der Waals surface area contributed by atoms with Gasteiger partial charge in [0.05, 0.1) is 11.5 Å². The normalized spacial score (nSPS) is 12.8. The van der Waals surface area contributed by atoms with Crippen molar-refractivity contribution in [2.24, 2.45) is 5.92 Å². The van der Waals surface area contributed by atoms with Gasteiger partial charge in [-0.2, -0.15) is 13.2 Å². The van der Waals surface area contributed by atoms with Crippen molar-refractivity contribution in [3.05, 3.63) is 83.4 Å². The molecule has 3 rings (SSSR count). The number of hydrogen-bond donors (Lipinski definition) is 1. The van der Waals surface area contributed by atoms with Crippen LogP contribution >= 0.6 is 0 Å². The van der Waals surface area contributed by atoms with Gasteiger partial charge in [-0.05, 0) is 64.9 Å². The Labute approximate surface area is 182 Å². The maximum Gasteiger partial charge on any atom is 0.416 e. The number of aliphatic carboxylic acids is 1. The highest BCUT2D eigenvalue weighted by molar-refractivity contribution is 5.80. The Balaban J connectivity index is 2.19. The molecule has 7 heteroatoms. The van der Waals surface area contributed by atoms with Crippen LogP contribution in [-0.4, -0.2) is 11.1 Å². The number of alkyl halides is 3. The lowest BCUT2D eigenvalue weighted by atomic mass is 9.86. The summed E-state index contributed by atoms with van der Waals surface area (Å²) in [6.07, 6.45) is -4.18. The van der Waals surface area contributed by atoms with Crippen LogP contribution in [0.4, 0.5) is 22.0 Å². The average Bonchev–Trinajstić information content (AvgIpc) is 2.71. The summed E-state index contributed by atoms with van der Waals surface area (Å²) in [5, 5.41) is 9.77. The van der Waals surface area contributed by atoms with E-state index in [0.717, 1.165) is 24.3 Å². The van der Waals surface area contributed by atoms with Crippen molar-refractivity contribution in [2.45, 2.75) is 32.4 Å². The molecular formula is C25H21F5O2. The highest BCUT2D eigenvalue weighted by Gasteiger charge is 2.30. The van der Waals surface area contributed by atoms with Crippen LogP contribution in [-0.2, 0) is 11.0 Å². The lowest BCUT2D eigenvalue weighted by Crippen LogP contribution is -2.14. The van der Waals surface area contributed by atoms with Gasteiger partial charge in [-0.25, -0.2) is 8.78 Å². The van der Waals surface area contributed by atoms with Gasteiger partial charge in [-0.3, -0.25) is 4.79 Å². The fourth-order valence-corrected chi connectivity index (χ4v) is 3.60. The van der Waals surface area contributed by atoms with Gasteiger partial charge in [0, 0.05) is 11.6 Å². The largest absolute Gasteiger partial charge is 0.481 e. The molecule has 0 saturated heterocycles. The molecule has 3 aromatic rings. The molecule has 32 heavy (non-hydrogen) atoms. The molecule has 3 aromatic carbocycles. The second-order valence-corrected chi connectivity index (χ2v) is 8.06. The minimum absolute atomic E-state index is 0.0526. The molecule has 1 unspecified atom stereocenters. The van der Waals surface area contributed by atoms with Crippen LogP contribution in [0.1, 0.15) is 37.3 Å². The van der Waals surface area contributed by atoms with Gasteiger partial charge in [0.25, 0.3) is 0 Å². The Morgan fingerprint density at radius 3 is 2.03 bits per heavy atom. The first-order valence-corrected chi connectivity index (χ1v) is 9.96. The number of benzene rings is 3. The van der Waals surface area contributed by atoms with E-state index in [4.69, 9.17) is 0 Å². The molecule has 0 aliphatic carbocycles. The molecule has 0 aromatic heterocycles. The summed E-state index contributed by atoms with van der Waals surface area (Å²) in [4.78, 5) is 11.9. The Bertz CT molecular complexity index is 1120. The minimum Gasteiger partial charge on any atom is -0.481 e. The van der Waals surface area contributed by atoms with Crippen molar-refractivity contribution in [3.63, 3.8) is 0 Å². The van der Waals surface area contributed by atoms with Gasteiger partial charge in [0.1, 0.15) is 11.6 Å². The Morgan fingerprint density at radius 1 is 0.875 bits per heavy atom. The molecule has 0 saturated carbocycles. The topological polar surface area (TPSA) is 37.3 Å². The summed E-state index contributed by atoms with van der Waals surface area (Å²) in [5.74, 6) is -3.48. The number of carboxylic acid groups (broad SMARTS) is 1. The van der Waals surface area contributed by atoms with Crippen molar-refractivity contribution in [1.29, 1.82) is 0 Å². The van der Waals surface area contributed by atoms with Crippen LogP contribution in [0.3, 0.4) is 0 Å². The molecule has 0 heterocycles. The Hall–Kier alpha value is -3.22. The number of rotatable bonds is 6. The molecule has 1 N–H and O–H groups in total. The highest BCUT2D eigenvalue weighted by atomic mass is 19.4. The molecule has 0 amide bonds. The predicted octanol–water partition coefficient (Wildman–Crippen LogP) is 7.53. The van der Waals surface area contributed by atoms with Crippen LogP contribution in [0.2, 0.25) is 0 Å². The fourth-order valence-electron chi connectivity index (χ4n) is 3.60. The lowest BCUT2D eigenvalue weighted by Gasteiger charge is -2.18. The first-order valence-electron chi connectivity index (χ1n) is 9.96. The van der Waals surface area contributed by atoms with Crippen LogP contribution in [0.15, 0.2) is 60.7 Å². The van der Waals surface area contributed by atoms with Crippen LogP contribution < -0.4 is 0 Å². The monoisotopic (exact) mass is 448 g/mol. The van der Waals surface area contributed by atoms with E-state index in [1.54, 1.807) is 12.1 Å². The second-order valence-electron chi connectivity index (χ2n) is 8.06. The van der Waals surface area contributed by atoms with Gasteiger partial charge >= 0.3 is 12.1 Å². The highest BCUT2D eigenvalue weighted by Crippen LogP contribution is 2.36. The van der Waals surface area contributed by atoms with Gasteiger partial charge in [-0.15, -0.1) is 0 Å². The third-order valence-corrected chi connectivity index (χ3v) is 5.15. The third-order valence-electron chi connectivity index (χ3n) is 5.15. The van der Waals surface area contributed by atoms with E-state index in [2.05, 4.69) is 0 Å². The minimum atomic E-state index is -4.49. The number of carbonyl (C=O) groups is 1. The summed E-state index contributed by atoms with van der Waals surface area (Å²) in [7, 11) is 0. The fraction of sp³-hybridized carbons (Fsp3) is 0.240. The quantitative estimate of drug-likeness (QED) is 0.396. The van der Waals surface area contributed by atoms with E-state index in [-0.39, 0.29) is 11.5 Å². The van der Waals surface area contributed by atoms with E-state index in [9.17, 15) is 31.9 Å². The summed E-state index contributed by atoms with van der Waals surface area (Å²) in [6.45, 7) is 3.74. The second kappa shape index (κ2) is 9.10. The molecule has 0 spiro atoms. The van der Waals surface area contributed by atoms with Gasteiger partial charge in [0.2, 0.25) is 0 Å². The molecular weight excluding hydrogens is 427 g/mol. The van der Waals surface area contributed by atoms with Gasteiger partial charge in [0.15, 0.2) is 0 Å². The van der Waals surface area contributed by atoms with Crippen molar-refractivity contribution in [3.8, 4) is 22.3 Å². The summed E-state index contributed by atoms with van der Waals surface area (Å²) >= 11 is 0. The third kappa shape index (κ3) is 5.33.